The third-order valence-corrected chi connectivity index (χ3v) is 3.73. The van der Waals surface area contributed by atoms with Gasteiger partial charge in [-0.2, -0.15) is 5.10 Å². The third kappa shape index (κ3) is 4.51. The zero-order valence-corrected chi connectivity index (χ0v) is 15.2. The van der Waals surface area contributed by atoms with Gasteiger partial charge >= 0.3 is 5.97 Å². The number of hydrogen-bond acceptors (Lipinski definition) is 4. The monoisotopic (exact) mass is 365 g/mol. The molecule has 7 nitrogen and oxygen atoms in total. The predicted molar refractivity (Wildman–Crippen MR) is 94.5 cm³/mol. The van der Waals surface area contributed by atoms with Gasteiger partial charge in [-0.05, 0) is 45.9 Å². The van der Waals surface area contributed by atoms with Crippen LogP contribution in [-0.4, -0.2) is 33.4 Å². The van der Waals surface area contributed by atoms with Gasteiger partial charge in [0.25, 0.3) is 5.91 Å². The molecule has 0 aliphatic rings. The third-order valence-electron chi connectivity index (χ3n) is 3.43. The topological polar surface area (TPSA) is 93.4 Å². The van der Waals surface area contributed by atoms with E-state index in [1.165, 1.54) is 18.3 Å². The average Bonchev–Trinajstić information content (AvgIpc) is 2.88. The summed E-state index contributed by atoms with van der Waals surface area (Å²) >= 11 is 6.05. The molecular weight excluding hydrogens is 346 g/mol. The summed E-state index contributed by atoms with van der Waals surface area (Å²) in [6.07, 6.45) is 1.53. The van der Waals surface area contributed by atoms with Crippen LogP contribution in [0.1, 0.15) is 36.8 Å². The van der Waals surface area contributed by atoms with E-state index in [9.17, 15) is 9.59 Å². The van der Waals surface area contributed by atoms with Crippen LogP contribution in [0.25, 0.3) is 0 Å². The second-order valence-corrected chi connectivity index (χ2v) is 6.92. The van der Waals surface area contributed by atoms with Crippen molar-refractivity contribution in [3.05, 3.63) is 40.7 Å². The number of hydrogen-bond donors (Lipinski definition) is 2. The Labute approximate surface area is 150 Å². The molecule has 0 spiro atoms. The van der Waals surface area contributed by atoms with E-state index in [1.54, 1.807) is 10.7 Å². The summed E-state index contributed by atoms with van der Waals surface area (Å²) in [6, 6.07) is 4.59. The number of halogens is 1. The van der Waals surface area contributed by atoms with E-state index in [1.807, 2.05) is 27.7 Å². The van der Waals surface area contributed by atoms with Crippen molar-refractivity contribution in [2.24, 2.45) is 0 Å². The number of amides is 1. The molecule has 0 aliphatic carbocycles. The van der Waals surface area contributed by atoms with Crippen molar-refractivity contribution in [1.29, 1.82) is 0 Å². The highest BCUT2D eigenvalue weighted by molar-refractivity contribution is 6.32. The quantitative estimate of drug-likeness (QED) is 0.847. The normalized spacial score (nSPS) is 11.2. The largest absolute Gasteiger partial charge is 0.480 e. The molecule has 0 unspecified atom stereocenters. The number of aliphatic carboxylic acids is 1. The maximum Gasteiger partial charge on any atom is 0.341 e. The fourth-order valence-electron chi connectivity index (χ4n) is 2.34. The van der Waals surface area contributed by atoms with E-state index in [-0.39, 0.29) is 22.2 Å². The van der Waals surface area contributed by atoms with Gasteiger partial charge in [0.1, 0.15) is 5.75 Å². The summed E-state index contributed by atoms with van der Waals surface area (Å²) in [5.41, 5.74) is 1.48. The zero-order valence-electron chi connectivity index (χ0n) is 14.5. The van der Waals surface area contributed by atoms with Crippen LogP contribution in [0.2, 0.25) is 5.02 Å². The van der Waals surface area contributed by atoms with Crippen LogP contribution in [0.5, 0.6) is 5.75 Å². The first-order valence-corrected chi connectivity index (χ1v) is 7.98. The number of ether oxygens (including phenoxy) is 1. The first-order chi connectivity index (χ1) is 11.6. The highest BCUT2D eigenvalue weighted by Gasteiger charge is 2.21. The lowest BCUT2D eigenvalue weighted by molar-refractivity contribution is -0.139. The van der Waals surface area contributed by atoms with E-state index in [0.29, 0.717) is 11.3 Å². The molecule has 0 fully saturated rings. The van der Waals surface area contributed by atoms with Gasteiger partial charge in [0.05, 0.1) is 22.3 Å². The Morgan fingerprint density at radius 3 is 2.56 bits per heavy atom. The van der Waals surface area contributed by atoms with Crippen molar-refractivity contribution >= 4 is 29.2 Å². The van der Waals surface area contributed by atoms with Crippen LogP contribution in [0, 0.1) is 6.92 Å². The zero-order chi connectivity index (χ0) is 18.8. The number of benzene rings is 1. The number of anilines is 1. The number of carbonyl (C=O) groups is 2. The minimum atomic E-state index is -1.10. The fraction of sp³-hybridized carbons (Fsp3) is 0.353. The van der Waals surface area contributed by atoms with Crippen LogP contribution in [0.3, 0.4) is 0 Å². The summed E-state index contributed by atoms with van der Waals surface area (Å²) < 4.78 is 6.83. The molecule has 2 rings (SSSR count). The molecular formula is C17H20ClN3O4. The van der Waals surface area contributed by atoms with Gasteiger partial charge in [-0.1, -0.05) is 11.6 Å². The van der Waals surface area contributed by atoms with E-state index in [4.69, 9.17) is 21.4 Å². The number of carboxylic acids is 1. The first-order valence-electron chi connectivity index (χ1n) is 7.60. The second kappa shape index (κ2) is 7.14. The van der Waals surface area contributed by atoms with Crippen molar-refractivity contribution in [3.63, 3.8) is 0 Å². The number of rotatable bonds is 5. The number of nitrogens with one attached hydrogen (secondary N) is 1. The van der Waals surface area contributed by atoms with Crippen LogP contribution < -0.4 is 10.1 Å². The molecule has 2 aromatic rings. The van der Waals surface area contributed by atoms with Gasteiger partial charge in [0.2, 0.25) is 0 Å². The minimum Gasteiger partial charge on any atom is -0.480 e. The summed E-state index contributed by atoms with van der Waals surface area (Å²) in [5.74, 6) is -1.16. The molecule has 2 N–H and O–H groups in total. The first kappa shape index (κ1) is 18.8. The average molecular weight is 366 g/mol. The van der Waals surface area contributed by atoms with Crippen LogP contribution in [0.4, 0.5) is 5.69 Å². The van der Waals surface area contributed by atoms with Gasteiger partial charge in [0, 0.05) is 11.4 Å². The van der Waals surface area contributed by atoms with Crippen molar-refractivity contribution in [2.45, 2.75) is 33.2 Å². The molecule has 0 bridgehead atoms. The molecule has 0 radical (unpaired) electrons. The SMILES string of the molecule is Cc1c(C(=O)Nc2ccc(OCC(=O)O)c(Cl)c2)cnn1C(C)(C)C. The lowest BCUT2D eigenvalue weighted by atomic mass is 10.1. The highest BCUT2D eigenvalue weighted by atomic mass is 35.5. The minimum absolute atomic E-state index is 0.209. The molecule has 1 heterocycles. The summed E-state index contributed by atoms with van der Waals surface area (Å²) in [6.45, 7) is 7.36. The second-order valence-electron chi connectivity index (χ2n) is 6.51. The van der Waals surface area contributed by atoms with Crippen LogP contribution in [-0.2, 0) is 10.3 Å². The summed E-state index contributed by atoms with van der Waals surface area (Å²) in [4.78, 5) is 23.0. The maximum absolute atomic E-state index is 12.5. The number of aromatic nitrogens is 2. The van der Waals surface area contributed by atoms with Crippen molar-refractivity contribution in [3.8, 4) is 5.75 Å². The summed E-state index contributed by atoms with van der Waals surface area (Å²) in [5, 5.41) is 15.9. The van der Waals surface area contributed by atoms with Crippen molar-refractivity contribution in [2.75, 3.05) is 11.9 Å². The van der Waals surface area contributed by atoms with E-state index in [0.717, 1.165) is 5.69 Å². The van der Waals surface area contributed by atoms with Gasteiger partial charge < -0.3 is 15.2 Å². The van der Waals surface area contributed by atoms with Gasteiger partial charge in [-0.25, -0.2) is 4.79 Å². The van der Waals surface area contributed by atoms with Crippen LogP contribution >= 0.6 is 11.6 Å². The number of nitrogens with zero attached hydrogens (tertiary/aromatic N) is 2. The van der Waals surface area contributed by atoms with Crippen molar-refractivity contribution in [1.82, 2.24) is 9.78 Å². The van der Waals surface area contributed by atoms with Gasteiger partial charge in [-0.3, -0.25) is 9.48 Å². The van der Waals surface area contributed by atoms with E-state index >= 15 is 0 Å². The summed E-state index contributed by atoms with van der Waals surface area (Å²) in [7, 11) is 0. The fourth-order valence-corrected chi connectivity index (χ4v) is 2.58. The maximum atomic E-state index is 12.5. The van der Waals surface area contributed by atoms with E-state index in [2.05, 4.69) is 10.4 Å². The number of carboxylic acid groups (broad SMARTS) is 1. The van der Waals surface area contributed by atoms with Gasteiger partial charge in [0.15, 0.2) is 6.61 Å². The molecule has 1 aromatic heterocycles. The predicted octanol–water partition coefficient (Wildman–Crippen LogP) is 3.32. The Hall–Kier alpha value is -2.54. The lowest BCUT2D eigenvalue weighted by Gasteiger charge is -2.21. The van der Waals surface area contributed by atoms with Crippen LogP contribution in [0.15, 0.2) is 24.4 Å². The van der Waals surface area contributed by atoms with Crippen molar-refractivity contribution < 1.29 is 19.4 Å². The Kier molecular flexibility index (Phi) is 5.37. The molecule has 0 saturated carbocycles. The molecule has 1 aromatic carbocycles. The highest BCUT2D eigenvalue weighted by Crippen LogP contribution is 2.28. The molecule has 25 heavy (non-hydrogen) atoms. The van der Waals surface area contributed by atoms with E-state index < -0.39 is 12.6 Å². The standard InChI is InChI=1S/C17H20ClN3O4/c1-10-12(8-19-21(10)17(2,3)4)16(24)20-11-5-6-14(13(18)7-11)25-9-15(22)23/h5-8H,9H2,1-4H3,(H,20,24)(H,22,23). The Balaban J connectivity index is 2.15. The lowest BCUT2D eigenvalue weighted by Crippen LogP contribution is -2.25. The Morgan fingerprint density at radius 1 is 1.36 bits per heavy atom. The molecule has 0 aliphatic heterocycles. The molecule has 0 atom stereocenters. The number of carbonyl (C=O) groups excluding carboxylic acids is 1. The molecule has 1 amide bonds. The van der Waals surface area contributed by atoms with Gasteiger partial charge in [-0.15, -0.1) is 0 Å². The molecule has 8 heteroatoms. The Morgan fingerprint density at radius 2 is 2.04 bits per heavy atom. The molecule has 0 saturated heterocycles. The Bertz CT molecular complexity index is 809. The smallest absolute Gasteiger partial charge is 0.341 e. The molecule has 134 valence electrons.